The fourth-order valence-electron chi connectivity index (χ4n) is 13.8. The van der Waals surface area contributed by atoms with Crippen LogP contribution in [0.3, 0.4) is 0 Å². The van der Waals surface area contributed by atoms with E-state index in [-0.39, 0.29) is 12.7 Å². The number of pyridine rings is 4. The Hall–Kier alpha value is -10.7. The Morgan fingerprint density at radius 2 is 0.826 bits per heavy atom. The predicted molar refractivity (Wildman–Crippen MR) is 415 cm³/mol. The van der Waals surface area contributed by atoms with E-state index in [2.05, 4.69) is 176 Å². The third kappa shape index (κ3) is 19.6. The predicted octanol–water partition coefficient (Wildman–Crippen LogP) is 12.1. The number of rotatable bonds is 12. The van der Waals surface area contributed by atoms with E-state index in [1.807, 2.05) is 80.0 Å². The lowest BCUT2D eigenvalue weighted by Crippen LogP contribution is -2.44. The minimum Gasteiger partial charge on any atom is -0.378 e. The largest absolute Gasteiger partial charge is 0.401 e. The van der Waals surface area contributed by atoms with Gasteiger partial charge < -0.3 is 48.5 Å². The highest BCUT2D eigenvalue weighted by atomic mass is 19.4. The number of nitrogens with one attached hydrogen (secondary N) is 4. The first-order valence-electron chi connectivity index (χ1n) is 36.7. The SMILES string of the molecule is CC(C)(O)C#Cc1cc2c(-c3cn[nH]c3)cn(C3CCN(CC(F)(F)F)CC3)c2cn1.CC(C)(O)C#Cc1cc2c(-c3cn[nH]c3)cn(C3CCN(CCF)CC3)c2cn1.CCc1[nH]ncc1-c1cn(CC)c2cnc(C#CC(C)(C)O)cc12.CN1CC(n2cc(-c3cn[nH]c3)c3cc(C#CC(C)(C)O)ncc32)C1. The topological polar surface area (TPSA) is 277 Å². The zero-order valence-corrected chi connectivity index (χ0v) is 63.3. The van der Waals surface area contributed by atoms with Crippen LogP contribution in [0.25, 0.3) is 88.1 Å². The smallest absolute Gasteiger partial charge is 0.378 e. The first-order valence-corrected chi connectivity index (χ1v) is 36.7. The van der Waals surface area contributed by atoms with Crippen molar-refractivity contribution in [2.75, 3.05) is 66.1 Å². The van der Waals surface area contributed by atoms with Crippen molar-refractivity contribution in [3.63, 3.8) is 0 Å². The lowest BCUT2D eigenvalue weighted by atomic mass is 10.0. The number of likely N-dealkylation sites (tertiary alicyclic amines) is 3. The van der Waals surface area contributed by atoms with Crippen LogP contribution >= 0.6 is 0 Å². The molecule has 15 heterocycles. The van der Waals surface area contributed by atoms with Crippen molar-refractivity contribution in [1.82, 2.24) is 93.7 Å². The van der Waals surface area contributed by atoms with E-state index in [0.29, 0.717) is 67.3 Å². The zero-order valence-electron chi connectivity index (χ0n) is 63.3. The molecular formula is C82H93F4N19O4. The minimum atomic E-state index is -4.17. The zero-order chi connectivity index (χ0) is 77.6. The molecule has 109 heavy (non-hydrogen) atoms. The van der Waals surface area contributed by atoms with Crippen molar-refractivity contribution < 1.29 is 38.0 Å². The molecule has 568 valence electrons. The maximum atomic E-state index is 12.7. The lowest BCUT2D eigenvalue weighted by Gasteiger charge is -2.37. The number of hydrogen-bond acceptors (Lipinski definition) is 15. The van der Waals surface area contributed by atoms with Crippen LogP contribution in [0.1, 0.15) is 142 Å². The van der Waals surface area contributed by atoms with Gasteiger partial charge in [0.25, 0.3) is 0 Å². The molecule has 0 spiro atoms. The Kier molecular flexibility index (Phi) is 23.3. The summed E-state index contributed by atoms with van der Waals surface area (Å²) in [5.41, 5.74) is 11.8. The highest BCUT2D eigenvalue weighted by Crippen LogP contribution is 2.40. The maximum Gasteiger partial charge on any atom is 0.401 e. The summed E-state index contributed by atoms with van der Waals surface area (Å²) in [4.78, 5) is 23.8. The molecule has 8 N–H and O–H groups in total. The average molecular weight is 1480 g/mol. The van der Waals surface area contributed by atoms with Crippen molar-refractivity contribution in [2.24, 2.45) is 0 Å². The molecule has 0 bridgehead atoms. The summed E-state index contributed by atoms with van der Waals surface area (Å²) >= 11 is 0. The molecule has 12 aromatic heterocycles. The van der Waals surface area contributed by atoms with Crippen LogP contribution in [0.4, 0.5) is 17.6 Å². The summed E-state index contributed by atoms with van der Waals surface area (Å²) in [5, 5.41) is 71.6. The monoisotopic (exact) mass is 1480 g/mol. The van der Waals surface area contributed by atoms with Gasteiger partial charge in [0.15, 0.2) is 0 Å². The Morgan fingerprint density at radius 3 is 1.16 bits per heavy atom. The van der Waals surface area contributed by atoms with E-state index in [1.54, 1.807) is 74.0 Å². The van der Waals surface area contributed by atoms with E-state index in [0.717, 1.165) is 146 Å². The molecule has 0 radical (unpaired) electrons. The van der Waals surface area contributed by atoms with Crippen molar-refractivity contribution in [2.45, 2.75) is 155 Å². The van der Waals surface area contributed by atoms with Gasteiger partial charge in [0, 0.05) is 180 Å². The van der Waals surface area contributed by atoms with E-state index < -0.39 is 35.1 Å². The van der Waals surface area contributed by atoms with Gasteiger partial charge >= 0.3 is 6.18 Å². The fraction of sp³-hybridized carbons (Fsp3) is 0.415. The van der Waals surface area contributed by atoms with Crippen LogP contribution in [0, 0.1) is 47.4 Å². The summed E-state index contributed by atoms with van der Waals surface area (Å²) in [5.74, 6) is 23.1. The molecule has 3 saturated heterocycles. The number of H-pyrrole nitrogens is 4. The highest BCUT2D eigenvalue weighted by Gasteiger charge is 2.34. The second-order valence-electron chi connectivity index (χ2n) is 30.1. The third-order valence-corrected chi connectivity index (χ3v) is 19.2. The van der Waals surface area contributed by atoms with Crippen LogP contribution in [0.5, 0.6) is 0 Å². The number of aromatic nitrogens is 16. The van der Waals surface area contributed by atoms with Crippen LogP contribution in [-0.4, -0.2) is 209 Å². The number of hydrogen-bond donors (Lipinski definition) is 8. The van der Waals surface area contributed by atoms with Gasteiger partial charge in [-0.3, -0.25) is 25.3 Å². The van der Waals surface area contributed by atoms with E-state index in [1.165, 1.54) is 4.90 Å². The van der Waals surface area contributed by atoms with E-state index in [4.69, 9.17) is 0 Å². The highest BCUT2D eigenvalue weighted by molar-refractivity contribution is 5.99. The molecule has 0 aromatic carbocycles. The number of aryl methyl sites for hydroxylation is 2. The molecule has 3 fully saturated rings. The van der Waals surface area contributed by atoms with Gasteiger partial charge in [-0.2, -0.15) is 33.6 Å². The quantitative estimate of drug-likeness (QED) is 0.0417. The van der Waals surface area contributed by atoms with Crippen molar-refractivity contribution in [3.05, 3.63) is 146 Å². The molecular weight excluding hydrogens is 1390 g/mol. The van der Waals surface area contributed by atoms with Gasteiger partial charge in [0.2, 0.25) is 0 Å². The van der Waals surface area contributed by atoms with E-state index >= 15 is 0 Å². The van der Waals surface area contributed by atoms with Gasteiger partial charge in [-0.15, -0.1) is 0 Å². The Labute approximate surface area is 630 Å². The molecule has 15 rings (SSSR count). The number of alkyl halides is 4. The van der Waals surface area contributed by atoms with Gasteiger partial charge in [-0.25, -0.2) is 24.3 Å². The second-order valence-corrected chi connectivity index (χ2v) is 30.1. The Bertz CT molecular complexity index is 5380. The maximum absolute atomic E-state index is 12.7. The number of aromatic amines is 4. The molecule has 3 aliphatic rings. The first kappa shape index (κ1) is 77.9. The third-order valence-electron chi connectivity index (χ3n) is 19.2. The summed E-state index contributed by atoms with van der Waals surface area (Å²) in [6, 6.07) is 8.74. The van der Waals surface area contributed by atoms with E-state index in [9.17, 15) is 38.0 Å². The average Bonchev–Trinajstić information content (AvgIpc) is 1.67. The summed E-state index contributed by atoms with van der Waals surface area (Å²) in [7, 11) is 2.13. The van der Waals surface area contributed by atoms with Crippen molar-refractivity contribution >= 4 is 43.6 Å². The number of halogens is 4. The fourth-order valence-corrected chi connectivity index (χ4v) is 13.8. The van der Waals surface area contributed by atoms with Gasteiger partial charge in [-0.05, 0) is 149 Å². The number of piperidine rings is 2. The number of nitrogens with zero attached hydrogens (tertiary/aromatic N) is 15. The number of fused-ring (bicyclic) bond motifs is 4. The van der Waals surface area contributed by atoms with Gasteiger partial charge in [0.05, 0.1) is 84.2 Å². The summed E-state index contributed by atoms with van der Waals surface area (Å²) in [6.07, 6.45) is 28.6. The Morgan fingerprint density at radius 1 is 0.459 bits per heavy atom. The standard InChI is InChI=1S/C22H24F3N5O.C22H26FN5O.C19H21N5O.C19H22N4O/c1-21(2,31)6-3-16-9-18-19(15-10-27-28-11-15)13-30(20(18)12-26-16)17-4-7-29(8-5-17)14-22(23,24)25;1-22(2,29)6-3-17-11-19-20(16-12-25-26-13-16)15-28(21(19)14-24-17)18-4-8-27(9-5-18)10-7-23;1-19(2,25)5-4-14-6-16-17(13-7-21-22-8-13)12-24(18(16)9-20-14)15-10-23(3)11-15;1-5-17-15(10-21-22-17)16-12-23(6-2)18-11-20-13(9-14(16)18)7-8-19(3,4)24/h9-13,17,31H,4-5,7-8,14H2,1-2H3,(H,27,28);11-15,18,29H,4-5,7-10H2,1-2H3,(H,25,26);6-9,12,15,25H,10-11H2,1-3H3,(H,21,22);9-12,24H,5-6H2,1-4H3,(H,21,22). The van der Waals surface area contributed by atoms with Crippen LogP contribution in [-0.2, 0) is 13.0 Å². The molecule has 0 aliphatic carbocycles. The molecule has 3 aliphatic heterocycles. The minimum absolute atomic E-state index is 0.0859. The molecule has 0 amide bonds. The summed E-state index contributed by atoms with van der Waals surface area (Å²) in [6.45, 7) is 22.3. The van der Waals surface area contributed by atoms with Crippen LogP contribution < -0.4 is 0 Å². The van der Waals surface area contributed by atoms with Crippen LogP contribution in [0.2, 0.25) is 0 Å². The molecule has 12 aromatic rings. The molecule has 0 saturated carbocycles. The van der Waals surface area contributed by atoms with Crippen molar-refractivity contribution in [1.29, 1.82) is 0 Å². The van der Waals surface area contributed by atoms with Crippen LogP contribution in [0.15, 0.2) is 117 Å². The first-order chi connectivity index (χ1) is 51.9. The van der Waals surface area contributed by atoms with Gasteiger partial charge in [-0.1, -0.05) is 30.6 Å². The number of likely N-dealkylation sites (N-methyl/N-ethyl adjacent to an activating group) is 1. The second kappa shape index (κ2) is 32.6. The molecule has 23 nitrogen and oxygen atoms in total. The van der Waals surface area contributed by atoms with Gasteiger partial charge in [0.1, 0.15) is 51.9 Å². The summed E-state index contributed by atoms with van der Waals surface area (Å²) < 4.78 is 59.7. The normalized spacial score (nSPS) is 15.1. The molecule has 0 unspecified atom stereocenters. The molecule has 0 atom stereocenters. The molecule has 27 heteroatoms. The number of aliphatic hydroxyl groups is 4. The lowest BCUT2D eigenvalue weighted by molar-refractivity contribution is -0.148. The Balaban J connectivity index is 0.000000136. The van der Waals surface area contributed by atoms with Crippen molar-refractivity contribution in [3.8, 4) is 91.9 Å².